The highest BCUT2D eigenvalue weighted by atomic mass is 79.9. The lowest BCUT2D eigenvalue weighted by Crippen LogP contribution is -2.44. The quantitative estimate of drug-likeness (QED) is 0.336. The predicted octanol–water partition coefficient (Wildman–Crippen LogP) is 1.94. The number of nitrogens with one attached hydrogen (secondary N) is 1. The second-order valence-corrected chi connectivity index (χ2v) is 3.82. The minimum Gasteiger partial charge on any atom is -0.310 e. The Balaban J connectivity index is 2.98. The third-order valence-electron chi connectivity index (χ3n) is 1.45. The van der Waals surface area contributed by atoms with Gasteiger partial charge in [0.05, 0.1) is 4.92 Å². The molecule has 66 valence electrons. The van der Waals surface area contributed by atoms with Crippen LogP contribution in [0.2, 0.25) is 0 Å². The van der Waals surface area contributed by atoms with Crippen molar-refractivity contribution in [1.29, 1.82) is 0 Å². The van der Waals surface area contributed by atoms with Crippen LogP contribution in [0.15, 0.2) is 22.3 Å². The molecule has 0 radical (unpaired) electrons. The van der Waals surface area contributed by atoms with Crippen molar-refractivity contribution in [1.82, 2.24) is 5.32 Å². The number of alkyl halides is 1. The zero-order chi connectivity index (χ0) is 9.35. The van der Waals surface area contributed by atoms with Gasteiger partial charge in [0.1, 0.15) is 0 Å². The highest BCUT2D eigenvalue weighted by Gasteiger charge is 2.39. The van der Waals surface area contributed by atoms with Gasteiger partial charge >= 0.3 is 5.12 Å². The van der Waals surface area contributed by atoms with Gasteiger partial charge in [0.25, 0.3) is 0 Å². The van der Waals surface area contributed by atoms with Crippen LogP contribution in [0.1, 0.15) is 6.92 Å². The molecular weight excluding hydrogens is 247 g/mol. The molecule has 1 aliphatic heterocycles. The van der Waals surface area contributed by atoms with E-state index < -0.39 is 10.0 Å². The first-order valence-electron chi connectivity index (χ1n) is 3.12. The number of hydrogen-bond acceptors (Lipinski definition) is 3. The number of rotatable bonds is 1. The van der Waals surface area contributed by atoms with Gasteiger partial charge in [0.2, 0.25) is 0 Å². The lowest BCUT2D eigenvalue weighted by molar-refractivity contribution is -0.533. The van der Waals surface area contributed by atoms with E-state index in [9.17, 15) is 10.1 Å². The minimum atomic E-state index is -1.69. The van der Waals surface area contributed by atoms with Gasteiger partial charge in [0, 0.05) is 16.8 Å². The molecule has 0 spiro atoms. The zero-order valence-electron chi connectivity index (χ0n) is 6.17. The lowest BCUT2D eigenvalue weighted by atomic mass is 10.2. The second kappa shape index (κ2) is 3.06. The predicted molar refractivity (Wildman–Crippen MR) is 49.5 cm³/mol. The number of dihydropyridines is 1. The van der Waals surface area contributed by atoms with Crippen LogP contribution in [0.3, 0.4) is 0 Å². The van der Waals surface area contributed by atoms with Crippen molar-refractivity contribution in [2.45, 2.75) is 12.0 Å². The van der Waals surface area contributed by atoms with E-state index in [-0.39, 0.29) is 0 Å². The molecular formula is C6H6BrClN2O2. The summed E-state index contributed by atoms with van der Waals surface area (Å²) in [4.78, 5) is 9.86. The second-order valence-electron chi connectivity index (χ2n) is 2.39. The summed E-state index contributed by atoms with van der Waals surface area (Å²) < 4.78 is 0.764. The Morgan fingerprint density at radius 1 is 1.83 bits per heavy atom. The summed E-state index contributed by atoms with van der Waals surface area (Å²) in [5.41, 5.74) is 0.737. The highest BCUT2D eigenvalue weighted by molar-refractivity contribution is 9.12. The van der Waals surface area contributed by atoms with Gasteiger partial charge in [0.15, 0.2) is 0 Å². The van der Waals surface area contributed by atoms with E-state index in [2.05, 4.69) is 21.2 Å². The molecule has 1 rings (SSSR count). The number of halogens is 2. The van der Waals surface area contributed by atoms with Crippen LogP contribution in [-0.4, -0.2) is 10.0 Å². The molecule has 1 heterocycles. The van der Waals surface area contributed by atoms with Crippen LogP contribution < -0.4 is 5.32 Å². The first-order chi connectivity index (χ1) is 5.46. The molecule has 0 saturated heterocycles. The van der Waals surface area contributed by atoms with E-state index in [1.807, 2.05) is 0 Å². The van der Waals surface area contributed by atoms with Gasteiger partial charge in [-0.3, -0.25) is 10.1 Å². The molecule has 1 unspecified atom stereocenters. The Hall–Kier alpha value is -0.550. The summed E-state index contributed by atoms with van der Waals surface area (Å²) in [7, 11) is 0. The summed E-state index contributed by atoms with van der Waals surface area (Å²) in [6.45, 7) is 1.74. The standard InChI is InChI=1S/C6H6BrClN2O2/c1-4-2-6(8,10(11)12)9-3-5(4)7/h2-3,9H,1H3. The van der Waals surface area contributed by atoms with Crippen LogP contribution in [0.25, 0.3) is 0 Å². The molecule has 0 amide bonds. The van der Waals surface area contributed by atoms with Crippen molar-refractivity contribution in [3.8, 4) is 0 Å². The summed E-state index contributed by atoms with van der Waals surface area (Å²) in [5.74, 6) is 0. The molecule has 0 aromatic rings. The minimum absolute atomic E-state index is 0.589. The molecule has 6 heteroatoms. The number of hydrogen-bond donors (Lipinski definition) is 1. The van der Waals surface area contributed by atoms with Crippen LogP contribution in [-0.2, 0) is 0 Å². The van der Waals surface area contributed by atoms with E-state index in [0.29, 0.717) is 0 Å². The first kappa shape index (κ1) is 9.54. The number of nitro groups is 1. The van der Waals surface area contributed by atoms with Crippen LogP contribution in [0.4, 0.5) is 0 Å². The van der Waals surface area contributed by atoms with E-state index in [4.69, 9.17) is 11.6 Å². The first-order valence-corrected chi connectivity index (χ1v) is 4.29. The fraction of sp³-hybridized carbons (Fsp3) is 0.333. The Kier molecular flexibility index (Phi) is 2.44. The Morgan fingerprint density at radius 2 is 2.42 bits per heavy atom. The summed E-state index contributed by atoms with van der Waals surface area (Å²) in [6, 6.07) is 0. The van der Waals surface area contributed by atoms with Crippen molar-refractivity contribution in [2.75, 3.05) is 0 Å². The van der Waals surface area contributed by atoms with Crippen molar-refractivity contribution < 1.29 is 4.92 Å². The molecule has 1 aliphatic rings. The van der Waals surface area contributed by atoms with E-state index in [1.165, 1.54) is 12.3 Å². The van der Waals surface area contributed by atoms with Crippen LogP contribution in [0, 0.1) is 10.1 Å². The topological polar surface area (TPSA) is 55.2 Å². The van der Waals surface area contributed by atoms with Gasteiger partial charge in [-0.05, 0) is 40.0 Å². The molecule has 0 fully saturated rings. The third-order valence-corrected chi connectivity index (χ3v) is 2.66. The number of nitrogens with zero attached hydrogens (tertiary/aromatic N) is 1. The average Bonchev–Trinajstić information content (AvgIpc) is 1.97. The van der Waals surface area contributed by atoms with E-state index in [0.717, 1.165) is 10.1 Å². The normalized spacial score (nSPS) is 28.6. The molecule has 0 saturated carbocycles. The van der Waals surface area contributed by atoms with Gasteiger partial charge in [-0.1, -0.05) is 0 Å². The maximum absolute atomic E-state index is 10.5. The lowest BCUT2D eigenvalue weighted by Gasteiger charge is -2.19. The molecule has 0 aromatic carbocycles. The third kappa shape index (κ3) is 1.61. The molecule has 0 aromatic heterocycles. The maximum atomic E-state index is 10.5. The molecule has 12 heavy (non-hydrogen) atoms. The smallest absolute Gasteiger partial charge is 0.310 e. The van der Waals surface area contributed by atoms with Crippen molar-refractivity contribution in [3.05, 3.63) is 32.4 Å². The van der Waals surface area contributed by atoms with Gasteiger partial charge in [-0.15, -0.1) is 0 Å². The molecule has 1 N–H and O–H groups in total. The Labute approximate surface area is 82.6 Å². The van der Waals surface area contributed by atoms with Gasteiger partial charge < -0.3 is 5.32 Å². The molecule has 4 nitrogen and oxygen atoms in total. The van der Waals surface area contributed by atoms with Gasteiger partial charge in [-0.25, -0.2) is 0 Å². The largest absolute Gasteiger partial charge is 0.391 e. The molecule has 0 aliphatic carbocycles. The summed E-state index contributed by atoms with van der Waals surface area (Å²) in [6.07, 6.45) is 2.81. The maximum Gasteiger partial charge on any atom is 0.391 e. The molecule has 1 atom stereocenters. The zero-order valence-corrected chi connectivity index (χ0v) is 8.52. The summed E-state index contributed by atoms with van der Waals surface area (Å²) >= 11 is 8.82. The van der Waals surface area contributed by atoms with Gasteiger partial charge in [-0.2, -0.15) is 0 Å². The van der Waals surface area contributed by atoms with Crippen molar-refractivity contribution in [3.63, 3.8) is 0 Å². The Bertz CT molecular complexity index is 289. The molecule has 0 bridgehead atoms. The SMILES string of the molecule is CC1=CC(Cl)([N+](=O)[O-])NC=C1Br. The Morgan fingerprint density at radius 3 is 2.83 bits per heavy atom. The van der Waals surface area contributed by atoms with E-state index >= 15 is 0 Å². The van der Waals surface area contributed by atoms with Crippen LogP contribution >= 0.6 is 27.5 Å². The fourth-order valence-corrected chi connectivity index (χ4v) is 1.23. The van der Waals surface area contributed by atoms with Crippen molar-refractivity contribution in [2.24, 2.45) is 0 Å². The average molecular weight is 253 g/mol. The van der Waals surface area contributed by atoms with E-state index in [1.54, 1.807) is 6.92 Å². The number of allylic oxidation sites excluding steroid dienone is 2. The summed E-state index contributed by atoms with van der Waals surface area (Å²) in [5, 5.41) is 11.2. The monoisotopic (exact) mass is 252 g/mol. The van der Waals surface area contributed by atoms with Crippen molar-refractivity contribution >= 4 is 27.5 Å². The highest BCUT2D eigenvalue weighted by Crippen LogP contribution is 2.27. The fourth-order valence-electron chi connectivity index (χ4n) is 0.781. The van der Waals surface area contributed by atoms with Crippen LogP contribution in [0.5, 0.6) is 0 Å².